The molecular weight excluding hydrogens is 236 g/mol. The minimum atomic E-state index is -0.204. The van der Waals surface area contributed by atoms with Gasteiger partial charge < -0.3 is 0 Å². The van der Waals surface area contributed by atoms with Crippen LogP contribution < -0.4 is 5.43 Å². The van der Waals surface area contributed by atoms with E-state index in [1.807, 2.05) is 54.6 Å². The monoisotopic (exact) mass is 246 g/mol. The Labute approximate surface area is 111 Å². The summed E-state index contributed by atoms with van der Waals surface area (Å²) in [6, 6.07) is 20.9. The van der Waals surface area contributed by atoms with E-state index >= 15 is 0 Å². The van der Waals surface area contributed by atoms with Gasteiger partial charge in [0.1, 0.15) is 12.1 Å². The van der Waals surface area contributed by atoms with Gasteiger partial charge in [-0.15, -0.1) is 0 Å². The molecule has 0 bridgehead atoms. The van der Waals surface area contributed by atoms with E-state index in [2.05, 4.69) is 10.5 Å². The maximum absolute atomic E-state index is 8.59. The van der Waals surface area contributed by atoms with Crippen LogP contribution in [0.15, 0.2) is 59.7 Å². The number of rotatable bonds is 3. The maximum Gasteiger partial charge on any atom is 0.237 e. The topological polar surface area (TPSA) is 72.0 Å². The summed E-state index contributed by atoms with van der Waals surface area (Å²) >= 11 is 0. The highest BCUT2D eigenvalue weighted by Gasteiger charge is 1.98. The lowest BCUT2D eigenvalue weighted by Crippen LogP contribution is -1.96. The molecule has 2 rings (SSSR count). The van der Waals surface area contributed by atoms with Crippen LogP contribution in [-0.2, 0) is 0 Å². The van der Waals surface area contributed by atoms with Crippen molar-refractivity contribution in [3.63, 3.8) is 0 Å². The largest absolute Gasteiger partial charge is 0.276 e. The number of anilines is 1. The molecule has 90 valence electrons. The number of hydrogen-bond acceptors (Lipinski definition) is 4. The van der Waals surface area contributed by atoms with Crippen LogP contribution in [0.25, 0.3) is 11.1 Å². The van der Waals surface area contributed by atoms with Gasteiger partial charge in [-0.05, 0) is 23.3 Å². The molecule has 0 amide bonds. The minimum absolute atomic E-state index is 0.204. The quantitative estimate of drug-likeness (QED) is 0.667. The molecule has 0 heterocycles. The Kier molecular flexibility index (Phi) is 3.90. The second-order valence-corrected chi connectivity index (χ2v) is 3.74. The van der Waals surface area contributed by atoms with Crippen molar-refractivity contribution in [2.24, 2.45) is 5.10 Å². The molecule has 1 N–H and O–H groups in total. The zero-order valence-corrected chi connectivity index (χ0v) is 10.0. The summed E-state index contributed by atoms with van der Waals surface area (Å²) in [6.07, 6.45) is 0. The Morgan fingerprint density at radius 3 is 2.26 bits per heavy atom. The maximum atomic E-state index is 8.59. The first kappa shape index (κ1) is 12.3. The van der Waals surface area contributed by atoms with Crippen LogP contribution in [-0.4, -0.2) is 5.71 Å². The zero-order valence-electron chi connectivity index (χ0n) is 10.0. The van der Waals surface area contributed by atoms with Crippen molar-refractivity contribution in [3.05, 3.63) is 54.6 Å². The molecule has 0 aliphatic heterocycles. The Bertz CT molecular complexity index is 659. The van der Waals surface area contributed by atoms with Crippen LogP contribution >= 0.6 is 0 Å². The summed E-state index contributed by atoms with van der Waals surface area (Å²) in [7, 11) is 0. The predicted molar refractivity (Wildman–Crippen MR) is 74.2 cm³/mol. The SMILES string of the molecule is N#CC(C#N)=NNc1cccc(-c2ccccc2)c1. The van der Waals surface area contributed by atoms with Gasteiger partial charge in [0.15, 0.2) is 0 Å². The normalized spacial score (nSPS) is 8.95. The van der Waals surface area contributed by atoms with Crippen molar-refractivity contribution >= 4 is 11.4 Å². The number of hydrogen-bond donors (Lipinski definition) is 1. The molecule has 0 fully saturated rings. The Balaban J connectivity index is 2.24. The van der Waals surface area contributed by atoms with Crippen molar-refractivity contribution in [1.29, 1.82) is 10.5 Å². The molecule has 4 nitrogen and oxygen atoms in total. The van der Waals surface area contributed by atoms with Crippen LogP contribution in [0.1, 0.15) is 0 Å². The standard InChI is InChI=1S/C15H10N4/c16-10-15(11-17)19-18-14-8-4-7-13(9-14)12-5-2-1-3-6-12/h1-9,18H. The molecule has 0 aliphatic rings. The van der Waals surface area contributed by atoms with Crippen LogP contribution in [0.4, 0.5) is 5.69 Å². The summed E-state index contributed by atoms with van der Waals surface area (Å²) in [5, 5.41) is 20.9. The van der Waals surface area contributed by atoms with Crippen molar-refractivity contribution in [2.45, 2.75) is 0 Å². The van der Waals surface area contributed by atoms with E-state index in [4.69, 9.17) is 10.5 Å². The Hall–Kier alpha value is -3.11. The third kappa shape index (κ3) is 3.18. The smallest absolute Gasteiger partial charge is 0.237 e. The summed E-state index contributed by atoms with van der Waals surface area (Å²) in [5.74, 6) is 0. The first-order valence-corrected chi connectivity index (χ1v) is 5.63. The van der Waals surface area contributed by atoms with Gasteiger partial charge in [-0.2, -0.15) is 15.6 Å². The van der Waals surface area contributed by atoms with Crippen molar-refractivity contribution in [2.75, 3.05) is 5.43 Å². The van der Waals surface area contributed by atoms with Crippen LogP contribution in [0.2, 0.25) is 0 Å². The van der Waals surface area contributed by atoms with E-state index < -0.39 is 0 Å². The first-order chi connectivity index (χ1) is 9.33. The summed E-state index contributed by atoms with van der Waals surface area (Å²) in [6.45, 7) is 0. The molecule has 4 heteroatoms. The van der Waals surface area contributed by atoms with Gasteiger partial charge in [-0.3, -0.25) is 5.43 Å². The fourth-order valence-electron chi connectivity index (χ4n) is 1.59. The van der Waals surface area contributed by atoms with Crippen LogP contribution in [0, 0.1) is 22.7 Å². The molecule has 0 unspecified atom stereocenters. The van der Waals surface area contributed by atoms with E-state index in [0.717, 1.165) is 16.8 Å². The average molecular weight is 246 g/mol. The molecular formula is C15H10N4. The lowest BCUT2D eigenvalue weighted by Gasteiger charge is -2.04. The predicted octanol–water partition coefficient (Wildman–Crippen LogP) is 3.17. The lowest BCUT2D eigenvalue weighted by atomic mass is 10.1. The average Bonchev–Trinajstić information content (AvgIpc) is 2.49. The minimum Gasteiger partial charge on any atom is -0.276 e. The second-order valence-electron chi connectivity index (χ2n) is 3.74. The van der Waals surface area contributed by atoms with Gasteiger partial charge in [0.05, 0.1) is 5.69 Å². The highest BCUT2D eigenvalue weighted by Crippen LogP contribution is 2.22. The van der Waals surface area contributed by atoms with Crippen LogP contribution in [0.5, 0.6) is 0 Å². The van der Waals surface area contributed by atoms with Crippen molar-refractivity contribution < 1.29 is 0 Å². The number of nitrogens with one attached hydrogen (secondary N) is 1. The number of benzene rings is 2. The highest BCUT2D eigenvalue weighted by molar-refractivity contribution is 6.10. The van der Waals surface area contributed by atoms with E-state index in [1.54, 1.807) is 12.1 Å². The molecule has 0 saturated heterocycles. The first-order valence-electron chi connectivity index (χ1n) is 5.63. The van der Waals surface area contributed by atoms with Gasteiger partial charge in [0.25, 0.3) is 0 Å². The van der Waals surface area contributed by atoms with Gasteiger partial charge in [-0.1, -0.05) is 42.5 Å². The summed E-state index contributed by atoms with van der Waals surface area (Å²) in [5.41, 5.74) is 5.35. The third-order valence-electron chi connectivity index (χ3n) is 2.48. The number of nitrogens with zero attached hydrogens (tertiary/aromatic N) is 3. The fourth-order valence-corrected chi connectivity index (χ4v) is 1.59. The third-order valence-corrected chi connectivity index (χ3v) is 2.48. The van der Waals surface area contributed by atoms with Gasteiger partial charge in [0.2, 0.25) is 5.71 Å². The molecule has 0 radical (unpaired) electrons. The molecule has 0 saturated carbocycles. The molecule has 19 heavy (non-hydrogen) atoms. The second kappa shape index (κ2) is 6.00. The molecule has 2 aromatic rings. The highest BCUT2D eigenvalue weighted by atomic mass is 15.3. The number of nitriles is 2. The molecule has 0 atom stereocenters. The van der Waals surface area contributed by atoms with Gasteiger partial charge >= 0.3 is 0 Å². The number of hydrazone groups is 1. The van der Waals surface area contributed by atoms with Crippen molar-refractivity contribution in [3.8, 4) is 23.3 Å². The summed E-state index contributed by atoms with van der Waals surface area (Å²) < 4.78 is 0. The van der Waals surface area contributed by atoms with E-state index in [1.165, 1.54) is 0 Å². The molecule has 2 aromatic carbocycles. The molecule has 0 aliphatic carbocycles. The van der Waals surface area contributed by atoms with Crippen molar-refractivity contribution in [1.82, 2.24) is 0 Å². The molecule has 0 spiro atoms. The van der Waals surface area contributed by atoms with E-state index in [-0.39, 0.29) is 5.71 Å². The molecule has 0 aromatic heterocycles. The van der Waals surface area contributed by atoms with Gasteiger partial charge in [-0.25, -0.2) is 0 Å². The fraction of sp³-hybridized carbons (Fsp3) is 0. The van der Waals surface area contributed by atoms with E-state index in [9.17, 15) is 0 Å². The Morgan fingerprint density at radius 2 is 1.58 bits per heavy atom. The lowest BCUT2D eigenvalue weighted by molar-refractivity contribution is 1.34. The summed E-state index contributed by atoms with van der Waals surface area (Å²) in [4.78, 5) is 0. The van der Waals surface area contributed by atoms with E-state index in [0.29, 0.717) is 0 Å². The van der Waals surface area contributed by atoms with Crippen LogP contribution in [0.3, 0.4) is 0 Å². The Morgan fingerprint density at radius 1 is 0.895 bits per heavy atom. The van der Waals surface area contributed by atoms with Gasteiger partial charge in [0, 0.05) is 0 Å². The zero-order chi connectivity index (χ0) is 13.5.